The number of nitrogens with zero attached hydrogens (tertiary/aromatic N) is 3. The van der Waals surface area contributed by atoms with Gasteiger partial charge in [0, 0.05) is 12.7 Å². The summed E-state index contributed by atoms with van der Waals surface area (Å²) in [6.07, 6.45) is 1.27. The van der Waals surface area contributed by atoms with E-state index in [1.807, 2.05) is 0 Å². The van der Waals surface area contributed by atoms with E-state index in [1.165, 1.54) is 23.2 Å². The molecular formula is C15H14F2N4O3. The van der Waals surface area contributed by atoms with E-state index in [1.54, 1.807) is 0 Å². The van der Waals surface area contributed by atoms with Crippen LogP contribution in [-0.2, 0) is 9.53 Å². The molecule has 2 N–H and O–H groups in total. The number of ether oxygens (including phenoxy) is 1. The molecule has 2 amide bonds. The molecule has 2 heterocycles. The molecule has 0 spiro atoms. The van der Waals surface area contributed by atoms with E-state index in [2.05, 4.69) is 5.10 Å². The van der Waals surface area contributed by atoms with Crippen molar-refractivity contribution >= 4 is 11.8 Å². The topological polar surface area (TPSA) is 90.5 Å². The fourth-order valence-corrected chi connectivity index (χ4v) is 2.50. The molecule has 1 aliphatic rings. The lowest BCUT2D eigenvalue weighted by Crippen LogP contribution is -2.54. The number of primary amides is 1. The maximum Gasteiger partial charge on any atom is 0.275 e. The van der Waals surface area contributed by atoms with Crippen molar-refractivity contribution in [3.8, 4) is 5.69 Å². The Morgan fingerprint density at radius 2 is 1.96 bits per heavy atom. The summed E-state index contributed by atoms with van der Waals surface area (Å²) in [5.41, 5.74) is 4.84. The number of para-hydroxylation sites is 1. The Morgan fingerprint density at radius 1 is 1.25 bits per heavy atom. The highest BCUT2D eigenvalue weighted by molar-refractivity contribution is 5.96. The van der Waals surface area contributed by atoms with Crippen molar-refractivity contribution in [2.45, 2.75) is 6.04 Å². The highest BCUT2D eigenvalue weighted by Crippen LogP contribution is 2.18. The minimum absolute atomic E-state index is 0.00369. The second-order valence-corrected chi connectivity index (χ2v) is 5.21. The van der Waals surface area contributed by atoms with E-state index >= 15 is 0 Å². The number of nitrogens with two attached hydrogens (primary N) is 1. The number of morpholine rings is 1. The minimum atomic E-state index is -0.901. The number of rotatable bonds is 3. The summed E-state index contributed by atoms with van der Waals surface area (Å²) in [4.78, 5) is 25.2. The Labute approximate surface area is 135 Å². The first-order valence-corrected chi connectivity index (χ1v) is 7.17. The molecule has 1 fully saturated rings. The highest BCUT2D eigenvalue weighted by Gasteiger charge is 2.33. The third kappa shape index (κ3) is 2.85. The van der Waals surface area contributed by atoms with E-state index in [0.717, 1.165) is 16.8 Å². The Hall–Kier alpha value is -2.81. The molecule has 1 aromatic carbocycles. The van der Waals surface area contributed by atoms with Gasteiger partial charge in [0.25, 0.3) is 5.91 Å². The van der Waals surface area contributed by atoms with Crippen LogP contribution < -0.4 is 5.73 Å². The third-order valence-electron chi connectivity index (χ3n) is 3.69. The Morgan fingerprint density at radius 3 is 2.62 bits per heavy atom. The standard InChI is InChI=1S/C15H14F2N4O3/c16-9-2-1-3-10(17)13(9)21-5-4-11(19-21)15(23)20-6-7-24-8-12(20)14(18)22/h1-5,12H,6-8H2,(H2,18,22). The Balaban J connectivity index is 1.90. The first-order chi connectivity index (χ1) is 11.5. The lowest BCUT2D eigenvalue weighted by Gasteiger charge is -2.32. The van der Waals surface area contributed by atoms with Gasteiger partial charge in [0.1, 0.15) is 11.7 Å². The molecule has 1 saturated heterocycles. The monoisotopic (exact) mass is 336 g/mol. The zero-order chi connectivity index (χ0) is 17.3. The summed E-state index contributed by atoms with van der Waals surface area (Å²) >= 11 is 0. The molecule has 1 aromatic heterocycles. The summed E-state index contributed by atoms with van der Waals surface area (Å²) in [6, 6.07) is 3.83. The van der Waals surface area contributed by atoms with E-state index < -0.39 is 29.5 Å². The summed E-state index contributed by atoms with van der Waals surface area (Å²) in [5.74, 6) is -2.86. The molecule has 3 rings (SSSR count). The molecule has 0 aliphatic carbocycles. The maximum absolute atomic E-state index is 13.8. The van der Waals surface area contributed by atoms with E-state index in [-0.39, 0.29) is 31.1 Å². The molecule has 0 radical (unpaired) electrons. The lowest BCUT2D eigenvalue weighted by molar-refractivity contribution is -0.127. The number of aromatic nitrogens is 2. The van der Waals surface area contributed by atoms with Crippen LogP contribution in [0.5, 0.6) is 0 Å². The molecule has 126 valence electrons. The molecule has 0 saturated carbocycles. The average molecular weight is 336 g/mol. The van der Waals surface area contributed by atoms with E-state index in [9.17, 15) is 18.4 Å². The smallest absolute Gasteiger partial charge is 0.275 e. The maximum atomic E-state index is 13.8. The van der Waals surface area contributed by atoms with Gasteiger partial charge in [-0.1, -0.05) is 6.07 Å². The average Bonchev–Trinajstić information content (AvgIpc) is 3.03. The van der Waals surface area contributed by atoms with E-state index in [4.69, 9.17) is 10.5 Å². The number of carbonyl (C=O) groups is 2. The lowest BCUT2D eigenvalue weighted by atomic mass is 10.2. The van der Waals surface area contributed by atoms with Crippen LogP contribution in [0.2, 0.25) is 0 Å². The van der Waals surface area contributed by atoms with Gasteiger partial charge >= 0.3 is 0 Å². The minimum Gasteiger partial charge on any atom is -0.377 e. The Kier molecular flexibility index (Phi) is 4.26. The SMILES string of the molecule is NC(=O)C1COCCN1C(=O)c1ccn(-c2c(F)cccc2F)n1. The van der Waals surface area contributed by atoms with Gasteiger partial charge in [-0.3, -0.25) is 9.59 Å². The van der Waals surface area contributed by atoms with Crippen LogP contribution in [0.15, 0.2) is 30.5 Å². The predicted molar refractivity (Wildman–Crippen MR) is 78.3 cm³/mol. The molecule has 7 nitrogen and oxygen atoms in total. The molecule has 24 heavy (non-hydrogen) atoms. The van der Waals surface area contributed by atoms with Gasteiger partial charge in [-0.15, -0.1) is 0 Å². The highest BCUT2D eigenvalue weighted by atomic mass is 19.1. The van der Waals surface area contributed by atoms with Crippen LogP contribution in [-0.4, -0.2) is 52.3 Å². The van der Waals surface area contributed by atoms with Gasteiger partial charge in [0.15, 0.2) is 17.3 Å². The van der Waals surface area contributed by atoms with Gasteiger partial charge in [0.2, 0.25) is 5.91 Å². The van der Waals surface area contributed by atoms with Gasteiger partial charge < -0.3 is 15.4 Å². The van der Waals surface area contributed by atoms with Crippen LogP contribution in [0.25, 0.3) is 5.69 Å². The van der Waals surface area contributed by atoms with Crippen molar-refractivity contribution in [3.05, 3.63) is 47.8 Å². The third-order valence-corrected chi connectivity index (χ3v) is 3.69. The van der Waals surface area contributed by atoms with E-state index in [0.29, 0.717) is 0 Å². The molecule has 0 bridgehead atoms. The van der Waals surface area contributed by atoms with Gasteiger partial charge in [0.05, 0.1) is 13.2 Å². The van der Waals surface area contributed by atoms with Crippen molar-refractivity contribution in [2.24, 2.45) is 5.73 Å². The normalized spacial score (nSPS) is 17.8. The second-order valence-electron chi connectivity index (χ2n) is 5.21. The predicted octanol–water partition coefficient (Wildman–Crippen LogP) is 0.477. The first kappa shape index (κ1) is 16.1. The number of hydrogen-bond acceptors (Lipinski definition) is 4. The number of amides is 2. The van der Waals surface area contributed by atoms with Gasteiger partial charge in [-0.2, -0.15) is 5.10 Å². The molecule has 1 atom stereocenters. The van der Waals surface area contributed by atoms with Crippen molar-refractivity contribution in [1.82, 2.24) is 14.7 Å². The second kappa shape index (κ2) is 6.36. The van der Waals surface area contributed by atoms with Crippen molar-refractivity contribution < 1.29 is 23.1 Å². The number of halogens is 2. The van der Waals surface area contributed by atoms with Gasteiger partial charge in [-0.05, 0) is 18.2 Å². The fourth-order valence-electron chi connectivity index (χ4n) is 2.50. The summed E-state index contributed by atoms with van der Waals surface area (Å²) in [7, 11) is 0. The van der Waals surface area contributed by atoms with Crippen molar-refractivity contribution in [3.63, 3.8) is 0 Å². The van der Waals surface area contributed by atoms with Crippen LogP contribution in [0.4, 0.5) is 8.78 Å². The van der Waals surface area contributed by atoms with Gasteiger partial charge in [-0.25, -0.2) is 13.5 Å². The fraction of sp³-hybridized carbons (Fsp3) is 0.267. The van der Waals surface area contributed by atoms with Crippen LogP contribution in [0, 0.1) is 11.6 Å². The summed E-state index contributed by atoms with van der Waals surface area (Å²) in [6.45, 7) is 0.440. The number of carbonyl (C=O) groups excluding carboxylic acids is 2. The first-order valence-electron chi connectivity index (χ1n) is 7.17. The van der Waals surface area contributed by atoms with Crippen LogP contribution >= 0.6 is 0 Å². The number of benzene rings is 1. The largest absolute Gasteiger partial charge is 0.377 e. The number of hydrogen-bond donors (Lipinski definition) is 1. The zero-order valence-electron chi connectivity index (χ0n) is 12.5. The molecule has 9 heteroatoms. The quantitative estimate of drug-likeness (QED) is 0.882. The van der Waals surface area contributed by atoms with Crippen LogP contribution in [0.3, 0.4) is 0 Å². The molecular weight excluding hydrogens is 322 g/mol. The van der Waals surface area contributed by atoms with Crippen molar-refractivity contribution in [1.29, 1.82) is 0 Å². The Bertz CT molecular complexity index is 773. The summed E-state index contributed by atoms with van der Waals surface area (Å²) < 4.78 is 33.7. The molecule has 2 aromatic rings. The molecule has 1 unspecified atom stereocenters. The molecule has 1 aliphatic heterocycles. The zero-order valence-corrected chi connectivity index (χ0v) is 12.5. The summed E-state index contributed by atoms with van der Waals surface area (Å²) in [5, 5.41) is 3.92. The van der Waals surface area contributed by atoms with Crippen molar-refractivity contribution in [2.75, 3.05) is 19.8 Å². The van der Waals surface area contributed by atoms with Crippen LogP contribution in [0.1, 0.15) is 10.5 Å².